The largest absolute Gasteiger partial charge is 0.471 e. The van der Waals surface area contributed by atoms with Crippen LogP contribution < -0.4 is 15.5 Å². The standard InChI is InChI=1S/C22H24N6O3/c1-13-7-14(3-5-24-13)22-28(20(12-31-22)21(23)30)19-8-15-10-26(2)25-17(15)9-18(19)27-6-4-16(29)11-27/h3,5,7-10,12,16,22,29H,4,6,11H2,1-2H3,(H2,23,30)/t16?,22-/m1/s1. The number of aromatic nitrogens is 3. The second-order valence-electron chi connectivity index (χ2n) is 8.05. The third kappa shape index (κ3) is 3.36. The number of nitrogens with zero attached hydrogens (tertiary/aromatic N) is 5. The molecule has 9 nitrogen and oxygen atoms in total. The van der Waals surface area contributed by atoms with Crippen LogP contribution in [-0.2, 0) is 16.6 Å². The van der Waals surface area contributed by atoms with Gasteiger partial charge in [0.2, 0.25) is 6.23 Å². The first-order valence-corrected chi connectivity index (χ1v) is 10.2. The minimum absolute atomic E-state index is 0.267. The van der Waals surface area contributed by atoms with E-state index in [1.54, 1.807) is 10.9 Å². The number of β-amino-alcohol motifs (C(OH)–C–C–N with tert-alkyl or cyclic N) is 1. The molecular formula is C22H24N6O3. The maximum Gasteiger partial charge on any atom is 0.268 e. The van der Waals surface area contributed by atoms with Gasteiger partial charge in [-0.05, 0) is 37.6 Å². The van der Waals surface area contributed by atoms with Gasteiger partial charge in [0.15, 0.2) is 0 Å². The Morgan fingerprint density at radius 2 is 2.13 bits per heavy atom. The van der Waals surface area contributed by atoms with Crippen LogP contribution in [0.3, 0.4) is 0 Å². The van der Waals surface area contributed by atoms with Crippen molar-refractivity contribution in [2.75, 3.05) is 22.9 Å². The minimum atomic E-state index is -0.577. The molecule has 0 radical (unpaired) electrons. The Bertz CT molecular complexity index is 1200. The van der Waals surface area contributed by atoms with Crippen molar-refractivity contribution in [3.63, 3.8) is 0 Å². The first kappa shape index (κ1) is 19.4. The van der Waals surface area contributed by atoms with Crippen LogP contribution in [0, 0.1) is 6.92 Å². The van der Waals surface area contributed by atoms with Crippen LogP contribution in [0.4, 0.5) is 11.4 Å². The number of rotatable bonds is 4. The van der Waals surface area contributed by atoms with Gasteiger partial charge in [-0.3, -0.25) is 19.4 Å². The lowest BCUT2D eigenvalue weighted by Crippen LogP contribution is -2.33. The fourth-order valence-corrected chi connectivity index (χ4v) is 4.33. The van der Waals surface area contributed by atoms with E-state index in [1.807, 2.05) is 49.3 Å². The van der Waals surface area contributed by atoms with E-state index < -0.39 is 18.2 Å². The molecule has 3 aromatic rings. The highest BCUT2D eigenvalue weighted by atomic mass is 16.5. The van der Waals surface area contributed by atoms with Gasteiger partial charge < -0.3 is 20.5 Å². The van der Waals surface area contributed by atoms with Gasteiger partial charge >= 0.3 is 0 Å². The average molecular weight is 420 g/mol. The number of fused-ring (bicyclic) bond motifs is 1. The van der Waals surface area contributed by atoms with Crippen molar-refractivity contribution in [2.24, 2.45) is 12.8 Å². The highest BCUT2D eigenvalue weighted by Crippen LogP contribution is 2.44. The molecule has 160 valence electrons. The molecule has 0 bridgehead atoms. The first-order chi connectivity index (χ1) is 14.9. The Kier molecular flexibility index (Phi) is 4.55. The van der Waals surface area contributed by atoms with Crippen LogP contribution in [-0.4, -0.2) is 45.0 Å². The van der Waals surface area contributed by atoms with Gasteiger partial charge in [0.05, 0.1) is 23.0 Å². The summed E-state index contributed by atoms with van der Waals surface area (Å²) >= 11 is 0. The van der Waals surface area contributed by atoms with Gasteiger partial charge in [-0.1, -0.05) is 0 Å². The van der Waals surface area contributed by atoms with Crippen LogP contribution in [0.1, 0.15) is 23.9 Å². The number of amides is 1. The Morgan fingerprint density at radius 1 is 1.29 bits per heavy atom. The van der Waals surface area contributed by atoms with Crippen molar-refractivity contribution in [3.05, 3.63) is 59.9 Å². The fourth-order valence-electron chi connectivity index (χ4n) is 4.33. The zero-order valence-electron chi connectivity index (χ0n) is 17.4. The summed E-state index contributed by atoms with van der Waals surface area (Å²) in [7, 11) is 1.87. The molecule has 1 saturated heterocycles. The highest BCUT2D eigenvalue weighted by molar-refractivity contribution is 6.00. The number of aryl methyl sites for hydroxylation is 2. The molecule has 4 heterocycles. The van der Waals surface area contributed by atoms with Gasteiger partial charge in [0.25, 0.3) is 5.91 Å². The smallest absolute Gasteiger partial charge is 0.268 e. The molecule has 2 aliphatic heterocycles. The van der Waals surface area contributed by atoms with Crippen LogP contribution in [0.25, 0.3) is 10.9 Å². The minimum Gasteiger partial charge on any atom is -0.471 e. The molecule has 1 fully saturated rings. The van der Waals surface area contributed by atoms with E-state index in [2.05, 4.69) is 15.0 Å². The maximum absolute atomic E-state index is 12.3. The van der Waals surface area contributed by atoms with Crippen molar-refractivity contribution >= 4 is 28.2 Å². The summed E-state index contributed by atoms with van der Waals surface area (Å²) in [6, 6.07) is 7.78. The third-order valence-corrected chi connectivity index (χ3v) is 5.74. The van der Waals surface area contributed by atoms with E-state index in [0.717, 1.165) is 33.5 Å². The number of carbonyl (C=O) groups excluding carboxylic acids is 1. The Balaban J connectivity index is 1.70. The molecule has 3 N–H and O–H groups in total. The van der Waals surface area contributed by atoms with Crippen LogP contribution in [0.2, 0.25) is 0 Å². The molecule has 2 aliphatic rings. The summed E-state index contributed by atoms with van der Waals surface area (Å²) in [6.07, 6.45) is 4.78. The van der Waals surface area contributed by atoms with E-state index >= 15 is 0 Å². The van der Waals surface area contributed by atoms with Crippen molar-refractivity contribution in [2.45, 2.75) is 25.7 Å². The molecule has 1 unspecified atom stereocenters. The van der Waals surface area contributed by atoms with Crippen molar-refractivity contribution < 1.29 is 14.6 Å². The van der Waals surface area contributed by atoms with E-state index in [9.17, 15) is 9.90 Å². The second-order valence-corrected chi connectivity index (χ2v) is 8.05. The molecule has 1 aromatic carbocycles. The zero-order chi connectivity index (χ0) is 21.7. The summed E-state index contributed by atoms with van der Waals surface area (Å²) < 4.78 is 7.69. The normalized spacial score (nSPS) is 20.9. The molecule has 0 spiro atoms. The number of anilines is 2. The van der Waals surface area contributed by atoms with Crippen molar-refractivity contribution in [3.8, 4) is 0 Å². The summed E-state index contributed by atoms with van der Waals surface area (Å²) in [6.45, 7) is 3.12. The predicted octanol–water partition coefficient (Wildman–Crippen LogP) is 1.71. The summed E-state index contributed by atoms with van der Waals surface area (Å²) in [5.41, 5.74) is 10.2. The van der Waals surface area contributed by atoms with Crippen molar-refractivity contribution in [1.82, 2.24) is 14.8 Å². The summed E-state index contributed by atoms with van der Waals surface area (Å²) in [5, 5.41) is 15.6. The highest BCUT2D eigenvalue weighted by Gasteiger charge is 2.37. The third-order valence-electron chi connectivity index (χ3n) is 5.74. The fraction of sp³-hybridized carbons (Fsp3) is 0.318. The molecule has 5 rings (SSSR count). The molecule has 31 heavy (non-hydrogen) atoms. The van der Waals surface area contributed by atoms with Gasteiger partial charge in [0, 0.05) is 49.2 Å². The van der Waals surface area contributed by atoms with Gasteiger partial charge in [-0.25, -0.2) is 0 Å². The average Bonchev–Trinajstić information content (AvgIpc) is 3.43. The maximum atomic E-state index is 12.3. The number of primary amides is 1. The predicted molar refractivity (Wildman–Crippen MR) is 116 cm³/mol. The lowest BCUT2D eigenvalue weighted by molar-refractivity contribution is -0.114. The van der Waals surface area contributed by atoms with Crippen LogP contribution in [0.5, 0.6) is 0 Å². The number of benzene rings is 1. The number of nitrogens with two attached hydrogens (primary N) is 1. The van der Waals surface area contributed by atoms with Crippen molar-refractivity contribution in [1.29, 1.82) is 0 Å². The zero-order valence-corrected chi connectivity index (χ0v) is 17.4. The monoisotopic (exact) mass is 420 g/mol. The number of ether oxygens (including phenoxy) is 1. The van der Waals surface area contributed by atoms with Gasteiger partial charge in [0.1, 0.15) is 12.0 Å². The number of hydrogen-bond acceptors (Lipinski definition) is 7. The topological polar surface area (TPSA) is 110 Å². The Hall–Kier alpha value is -3.59. The molecule has 0 aliphatic carbocycles. The lowest BCUT2D eigenvalue weighted by atomic mass is 10.1. The SMILES string of the molecule is Cc1cc([C@H]2OC=C(C(N)=O)N2c2cc3cn(C)nc3cc2N2CCC(O)C2)ccn1. The quantitative estimate of drug-likeness (QED) is 0.661. The Morgan fingerprint density at radius 3 is 2.84 bits per heavy atom. The lowest BCUT2D eigenvalue weighted by Gasteiger charge is -2.31. The summed E-state index contributed by atoms with van der Waals surface area (Å²) in [5.74, 6) is -0.577. The van der Waals surface area contributed by atoms with E-state index in [0.29, 0.717) is 19.5 Å². The van der Waals surface area contributed by atoms with E-state index in [-0.39, 0.29) is 5.70 Å². The molecule has 2 atom stereocenters. The molecule has 9 heteroatoms. The van der Waals surface area contributed by atoms with E-state index in [1.165, 1.54) is 6.26 Å². The number of aliphatic hydroxyl groups excluding tert-OH is 1. The number of aliphatic hydroxyl groups is 1. The molecule has 0 saturated carbocycles. The number of pyridine rings is 1. The molecular weight excluding hydrogens is 396 g/mol. The Labute approximate surface area is 179 Å². The summed E-state index contributed by atoms with van der Waals surface area (Å²) in [4.78, 5) is 20.5. The second kappa shape index (κ2) is 7.28. The molecule has 2 aromatic heterocycles. The number of carbonyl (C=O) groups is 1. The van der Waals surface area contributed by atoms with Crippen LogP contribution in [0.15, 0.2) is 48.6 Å². The molecule has 1 amide bonds. The van der Waals surface area contributed by atoms with Gasteiger partial charge in [-0.15, -0.1) is 0 Å². The number of hydrogen-bond donors (Lipinski definition) is 2. The van der Waals surface area contributed by atoms with Gasteiger partial charge in [-0.2, -0.15) is 5.10 Å². The first-order valence-electron chi connectivity index (χ1n) is 10.2. The van der Waals surface area contributed by atoms with E-state index in [4.69, 9.17) is 10.5 Å². The van der Waals surface area contributed by atoms with Crippen LogP contribution >= 0.6 is 0 Å².